The van der Waals surface area contributed by atoms with Crippen molar-refractivity contribution < 1.29 is 19.2 Å². The average molecular weight is 216 g/mol. The van der Waals surface area contributed by atoms with Crippen molar-refractivity contribution in [1.29, 1.82) is 0 Å². The second-order valence-corrected chi connectivity index (χ2v) is 4.63. The molecule has 1 N–H and O–H groups in total. The van der Waals surface area contributed by atoms with Crippen molar-refractivity contribution in [3.63, 3.8) is 0 Å². The fourth-order valence-corrected chi connectivity index (χ4v) is 1.46. The van der Waals surface area contributed by atoms with E-state index in [-0.39, 0.29) is 11.6 Å². The van der Waals surface area contributed by atoms with Gasteiger partial charge in [-0.1, -0.05) is 6.92 Å². The quantitative estimate of drug-likeness (QED) is 0.652. The predicted molar refractivity (Wildman–Crippen MR) is 56.8 cm³/mol. The van der Waals surface area contributed by atoms with E-state index in [4.69, 9.17) is 9.47 Å². The molecule has 0 bridgehead atoms. The number of carbonyl (C=O) groups is 1. The van der Waals surface area contributed by atoms with Crippen LogP contribution in [0.3, 0.4) is 0 Å². The van der Waals surface area contributed by atoms with Crippen molar-refractivity contribution in [2.75, 3.05) is 32.8 Å². The largest absolute Gasteiger partial charge is 0.456 e. The summed E-state index contributed by atoms with van der Waals surface area (Å²) in [5.41, 5.74) is -0.331. The molecule has 1 saturated heterocycles. The van der Waals surface area contributed by atoms with Gasteiger partial charge in [0.25, 0.3) is 0 Å². The third-order valence-corrected chi connectivity index (χ3v) is 2.84. The number of morpholine rings is 1. The van der Waals surface area contributed by atoms with Gasteiger partial charge in [0.2, 0.25) is 0 Å². The molecule has 1 fully saturated rings. The van der Waals surface area contributed by atoms with Crippen LogP contribution in [-0.2, 0) is 14.3 Å². The van der Waals surface area contributed by atoms with Crippen LogP contribution in [0.15, 0.2) is 0 Å². The van der Waals surface area contributed by atoms with Gasteiger partial charge in [0.15, 0.2) is 6.54 Å². The Labute approximate surface area is 91.5 Å². The Kier molecular flexibility index (Phi) is 4.54. The van der Waals surface area contributed by atoms with Crippen molar-refractivity contribution in [3.8, 4) is 0 Å². The van der Waals surface area contributed by atoms with Crippen LogP contribution in [0.4, 0.5) is 0 Å². The smallest absolute Gasteiger partial charge is 0.362 e. The summed E-state index contributed by atoms with van der Waals surface area (Å²) in [6.45, 7) is 9.68. The first-order valence-electron chi connectivity index (χ1n) is 5.66. The molecule has 1 aliphatic heterocycles. The Morgan fingerprint density at radius 2 is 2.00 bits per heavy atom. The lowest BCUT2D eigenvalue weighted by Crippen LogP contribution is -3.15. The van der Waals surface area contributed by atoms with Crippen LogP contribution in [0, 0.1) is 0 Å². The van der Waals surface area contributed by atoms with Gasteiger partial charge in [-0.25, -0.2) is 4.79 Å². The highest BCUT2D eigenvalue weighted by molar-refractivity contribution is 5.70. The average Bonchev–Trinajstić information content (AvgIpc) is 2.18. The standard InChI is InChI=1S/C11H21NO3/c1-4-11(2,3)15-10(13)9-12-5-7-14-8-6-12/h4-9H2,1-3H3/p+1. The van der Waals surface area contributed by atoms with Crippen LogP contribution >= 0.6 is 0 Å². The van der Waals surface area contributed by atoms with Crippen LogP contribution in [-0.4, -0.2) is 44.4 Å². The summed E-state index contributed by atoms with van der Waals surface area (Å²) in [5, 5.41) is 0. The van der Waals surface area contributed by atoms with E-state index in [9.17, 15) is 4.79 Å². The molecule has 0 unspecified atom stereocenters. The molecule has 1 heterocycles. The Bertz CT molecular complexity index is 210. The molecule has 15 heavy (non-hydrogen) atoms. The molecule has 0 aromatic heterocycles. The molecule has 0 amide bonds. The van der Waals surface area contributed by atoms with E-state index in [0.717, 1.165) is 32.7 Å². The number of quaternary nitrogens is 1. The van der Waals surface area contributed by atoms with Crippen molar-refractivity contribution in [3.05, 3.63) is 0 Å². The van der Waals surface area contributed by atoms with Gasteiger partial charge < -0.3 is 14.4 Å². The number of ether oxygens (including phenoxy) is 2. The first-order chi connectivity index (χ1) is 7.03. The van der Waals surface area contributed by atoms with Crippen LogP contribution in [0.1, 0.15) is 27.2 Å². The van der Waals surface area contributed by atoms with E-state index in [1.165, 1.54) is 4.90 Å². The first kappa shape index (κ1) is 12.5. The summed E-state index contributed by atoms with van der Waals surface area (Å²) < 4.78 is 10.6. The maximum Gasteiger partial charge on any atom is 0.362 e. The van der Waals surface area contributed by atoms with E-state index in [2.05, 4.69) is 0 Å². The fraction of sp³-hybridized carbons (Fsp3) is 0.909. The third-order valence-electron chi connectivity index (χ3n) is 2.84. The van der Waals surface area contributed by atoms with Gasteiger partial charge in [0.05, 0.1) is 13.2 Å². The monoisotopic (exact) mass is 216 g/mol. The molecule has 4 heteroatoms. The summed E-state index contributed by atoms with van der Waals surface area (Å²) in [5.74, 6) is -0.0984. The summed E-state index contributed by atoms with van der Waals surface area (Å²) in [6.07, 6.45) is 0.844. The molecular formula is C11H22NO3+. The lowest BCUT2D eigenvalue weighted by atomic mass is 10.1. The van der Waals surface area contributed by atoms with Gasteiger partial charge >= 0.3 is 5.97 Å². The van der Waals surface area contributed by atoms with Crippen LogP contribution in [0.25, 0.3) is 0 Å². The van der Waals surface area contributed by atoms with E-state index >= 15 is 0 Å². The van der Waals surface area contributed by atoms with Crippen molar-refractivity contribution >= 4 is 5.97 Å². The molecule has 0 aliphatic carbocycles. The molecular weight excluding hydrogens is 194 g/mol. The van der Waals surface area contributed by atoms with Crippen LogP contribution < -0.4 is 4.90 Å². The van der Waals surface area contributed by atoms with Gasteiger partial charge in [-0.2, -0.15) is 0 Å². The topological polar surface area (TPSA) is 40.0 Å². The number of carbonyl (C=O) groups excluding carboxylic acids is 1. The highest BCUT2D eigenvalue weighted by Gasteiger charge is 2.24. The maximum absolute atomic E-state index is 11.6. The van der Waals surface area contributed by atoms with E-state index in [1.54, 1.807) is 0 Å². The van der Waals surface area contributed by atoms with E-state index < -0.39 is 0 Å². The van der Waals surface area contributed by atoms with Crippen molar-refractivity contribution in [2.24, 2.45) is 0 Å². The number of hydrogen-bond donors (Lipinski definition) is 1. The fourth-order valence-electron chi connectivity index (χ4n) is 1.46. The molecule has 0 radical (unpaired) electrons. The minimum atomic E-state index is -0.331. The summed E-state index contributed by atoms with van der Waals surface area (Å²) in [4.78, 5) is 12.9. The molecule has 1 rings (SSSR count). The Balaban J connectivity index is 2.28. The zero-order valence-corrected chi connectivity index (χ0v) is 9.97. The molecule has 1 aliphatic rings. The molecule has 0 spiro atoms. The number of rotatable bonds is 4. The van der Waals surface area contributed by atoms with Crippen LogP contribution in [0.2, 0.25) is 0 Å². The molecule has 88 valence electrons. The predicted octanol–water partition coefficient (Wildman–Crippen LogP) is -0.367. The van der Waals surface area contributed by atoms with Crippen LogP contribution in [0.5, 0.6) is 0 Å². The first-order valence-corrected chi connectivity index (χ1v) is 5.66. The van der Waals surface area contributed by atoms with Crippen molar-refractivity contribution in [2.45, 2.75) is 32.8 Å². The molecule has 0 saturated carbocycles. The third kappa shape index (κ3) is 4.62. The maximum atomic E-state index is 11.6. The molecule has 0 aromatic carbocycles. The summed E-state index contributed by atoms with van der Waals surface area (Å²) in [7, 11) is 0. The summed E-state index contributed by atoms with van der Waals surface area (Å²) in [6, 6.07) is 0. The Hall–Kier alpha value is -0.610. The molecule has 4 nitrogen and oxygen atoms in total. The van der Waals surface area contributed by atoms with Gasteiger partial charge in [-0.15, -0.1) is 0 Å². The normalized spacial score (nSPS) is 18.9. The Morgan fingerprint density at radius 1 is 1.40 bits per heavy atom. The number of nitrogens with one attached hydrogen (secondary N) is 1. The van der Waals surface area contributed by atoms with Gasteiger partial charge in [-0.05, 0) is 20.3 Å². The lowest BCUT2D eigenvalue weighted by Gasteiger charge is -2.26. The summed E-state index contributed by atoms with van der Waals surface area (Å²) >= 11 is 0. The minimum Gasteiger partial charge on any atom is -0.456 e. The number of esters is 1. The lowest BCUT2D eigenvalue weighted by molar-refractivity contribution is -0.900. The van der Waals surface area contributed by atoms with Gasteiger partial charge in [-0.3, -0.25) is 0 Å². The van der Waals surface area contributed by atoms with Gasteiger partial charge in [0, 0.05) is 0 Å². The van der Waals surface area contributed by atoms with E-state index in [1.807, 2.05) is 20.8 Å². The second-order valence-electron chi connectivity index (χ2n) is 4.63. The zero-order valence-electron chi connectivity index (χ0n) is 9.97. The molecule has 0 aromatic rings. The SMILES string of the molecule is CCC(C)(C)OC(=O)C[NH+]1CCOCC1. The zero-order chi connectivity index (χ0) is 11.3. The Morgan fingerprint density at radius 3 is 2.53 bits per heavy atom. The highest BCUT2D eigenvalue weighted by Crippen LogP contribution is 2.12. The molecule has 0 atom stereocenters. The van der Waals surface area contributed by atoms with Crippen molar-refractivity contribution in [1.82, 2.24) is 0 Å². The second kappa shape index (κ2) is 5.47. The highest BCUT2D eigenvalue weighted by atomic mass is 16.6. The number of hydrogen-bond acceptors (Lipinski definition) is 3. The minimum absolute atomic E-state index is 0.0984. The van der Waals surface area contributed by atoms with E-state index in [0.29, 0.717) is 6.54 Å². The van der Waals surface area contributed by atoms with Gasteiger partial charge in [0.1, 0.15) is 18.7 Å².